The number of cyclic esters (lactones) is 1. The van der Waals surface area contributed by atoms with Gasteiger partial charge in [0.1, 0.15) is 29.2 Å². The number of aromatic nitrogens is 3. The van der Waals surface area contributed by atoms with Gasteiger partial charge < -0.3 is 40.4 Å². The van der Waals surface area contributed by atoms with Gasteiger partial charge in [0.2, 0.25) is 5.91 Å². The minimum absolute atomic E-state index is 0.00745. The highest BCUT2D eigenvalue weighted by Crippen LogP contribution is 2.41. The predicted octanol–water partition coefficient (Wildman–Crippen LogP) is 5.89. The van der Waals surface area contributed by atoms with Gasteiger partial charge in [0.25, 0.3) is 17.7 Å². The maximum absolute atomic E-state index is 14.7. The Morgan fingerprint density at radius 1 is 1.07 bits per heavy atom. The summed E-state index contributed by atoms with van der Waals surface area (Å²) in [6.45, 7) is 12.8. The number of hydrogen-bond donors (Lipinski definition) is 5. The average Bonchev–Trinajstić information content (AvgIpc) is 3.63. The molecule has 5 heterocycles. The summed E-state index contributed by atoms with van der Waals surface area (Å²) in [7, 11) is 3.11. The Kier molecular flexibility index (Phi) is 15.3. The number of likely N-dealkylation sites (N-methyl/N-ethyl adjacent to an activating group) is 1. The number of anilines is 1. The lowest BCUT2D eigenvalue weighted by atomic mass is 9.84. The molecule has 1 unspecified atom stereocenters. The van der Waals surface area contributed by atoms with Crippen molar-refractivity contribution in [2.75, 3.05) is 39.2 Å². The van der Waals surface area contributed by atoms with Crippen LogP contribution in [0.1, 0.15) is 81.6 Å². The van der Waals surface area contributed by atoms with Gasteiger partial charge in [-0.1, -0.05) is 32.9 Å². The third-order valence-electron chi connectivity index (χ3n) is 12.7. The Bertz CT molecular complexity index is 2800. The lowest BCUT2D eigenvalue weighted by molar-refractivity contribution is -0.155. The number of aromatic hydroxyl groups is 1. The molecule has 364 valence electrons. The van der Waals surface area contributed by atoms with Crippen LogP contribution in [0.25, 0.3) is 33.3 Å². The van der Waals surface area contributed by atoms with E-state index in [0.717, 1.165) is 38.9 Å². The first kappa shape index (κ1) is 49.9. The fourth-order valence-corrected chi connectivity index (χ4v) is 9.11. The zero-order chi connectivity index (χ0) is 49.7. The number of allylic oxidation sites excluding steroid dienone is 1. The van der Waals surface area contributed by atoms with Crippen molar-refractivity contribution in [2.24, 2.45) is 17.1 Å². The normalized spacial score (nSPS) is 17.6. The van der Waals surface area contributed by atoms with Crippen LogP contribution in [0.3, 0.4) is 0 Å². The third-order valence-corrected chi connectivity index (χ3v) is 12.7. The SMILES string of the molecule is CCn1c(-c2cnccc2COC)c2c3cc(ccc31)-c1cc(O)cc(c1)C[C@H](NC(=O)C(=C(C)C)N(C)C(=O)c1ccc(NC(=O)C(C)CN)cn1)C(=O)N1CCC[C@H](N1)C(=O)OCC(C)(C)C2. The molecule has 5 aromatic rings. The Morgan fingerprint density at radius 3 is 2.55 bits per heavy atom. The smallest absolute Gasteiger partial charge is 0.324 e. The van der Waals surface area contributed by atoms with E-state index in [2.05, 4.69) is 63.5 Å². The number of benzene rings is 2. The molecule has 2 aromatic carbocycles. The first-order valence-corrected chi connectivity index (χ1v) is 23.3. The zero-order valence-corrected chi connectivity index (χ0v) is 40.6. The van der Waals surface area contributed by atoms with E-state index in [9.17, 15) is 29.1 Å². The van der Waals surface area contributed by atoms with Crippen LogP contribution in [0.15, 0.2) is 84.5 Å². The number of pyridine rings is 2. The molecule has 17 heteroatoms. The van der Waals surface area contributed by atoms with Crippen LogP contribution in [0.5, 0.6) is 5.75 Å². The summed E-state index contributed by atoms with van der Waals surface area (Å²) < 4.78 is 14.0. The van der Waals surface area contributed by atoms with Crippen LogP contribution in [-0.4, -0.2) is 105 Å². The number of amides is 4. The number of phenolic OH excluding ortho intramolecular Hbond substituents is 1. The highest BCUT2D eigenvalue weighted by atomic mass is 16.5. The van der Waals surface area contributed by atoms with E-state index in [1.807, 2.05) is 24.4 Å². The Morgan fingerprint density at radius 2 is 1.86 bits per heavy atom. The second-order valence-corrected chi connectivity index (χ2v) is 18.9. The molecule has 0 spiro atoms. The first-order chi connectivity index (χ1) is 32.9. The van der Waals surface area contributed by atoms with Gasteiger partial charge in [0, 0.05) is 80.4 Å². The maximum Gasteiger partial charge on any atom is 0.324 e. The highest BCUT2D eigenvalue weighted by Gasteiger charge is 2.36. The standard InChI is InChI=1S/C52H63N9O8/c1-9-60-44-15-12-33-23-38(44)39(46(60)40-27-54-17-16-34(40)28-68-8)24-52(5,6)29-69-51(67)42-11-10-18-61(58-42)50(66)43(21-32-19-35(33)22-37(62)20-32)57-48(64)45(30(2)3)59(7)49(65)41-14-13-36(26-55-41)56-47(63)31(4)25-53/h12-17,19-20,22-23,26-27,31,42-43,58,62H,9-11,18,21,24-25,28-29,53H2,1-8H3,(H,56,63)(H,57,64)/t31?,42-,43-/m0/s1. The van der Waals surface area contributed by atoms with Crippen LogP contribution in [0.2, 0.25) is 0 Å². The molecular weight excluding hydrogens is 879 g/mol. The summed E-state index contributed by atoms with van der Waals surface area (Å²) in [6, 6.07) is 14.2. The number of ether oxygens (including phenoxy) is 2. The first-order valence-electron chi connectivity index (χ1n) is 23.3. The highest BCUT2D eigenvalue weighted by molar-refractivity contribution is 6.04. The van der Waals surface area contributed by atoms with Gasteiger partial charge in [-0.2, -0.15) is 0 Å². The number of rotatable bonds is 11. The second kappa shape index (κ2) is 21.1. The molecule has 3 atom stereocenters. The fraction of sp³-hybridized carbons (Fsp3) is 0.404. The largest absolute Gasteiger partial charge is 0.508 e. The molecule has 6 bridgehead atoms. The van der Waals surface area contributed by atoms with Crippen LogP contribution < -0.4 is 21.8 Å². The molecule has 0 saturated carbocycles. The van der Waals surface area contributed by atoms with Crippen molar-refractivity contribution in [1.29, 1.82) is 0 Å². The van der Waals surface area contributed by atoms with Gasteiger partial charge in [-0.3, -0.25) is 34.0 Å². The summed E-state index contributed by atoms with van der Waals surface area (Å²) in [6.07, 6.45) is 6.33. The number of methoxy groups -OCH3 is 1. The van der Waals surface area contributed by atoms with Crippen LogP contribution in [0, 0.1) is 11.3 Å². The van der Waals surface area contributed by atoms with E-state index in [1.165, 1.54) is 35.3 Å². The van der Waals surface area contributed by atoms with Crippen molar-refractivity contribution in [2.45, 2.75) is 92.5 Å². The Balaban J connectivity index is 1.28. The summed E-state index contributed by atoms with van der Waals surface area (Å²) >= 11 is 0. The third kappa shape index (κ3) is 11.0. The van der Waals surface area contributed by atoms with Gasteiger partial charge in [0.05, 0.1) is 30.8 Å². The van der Waals surface area contributed by atoms with E-state index in [0.29, 0.717) is 54.8 Å². The van der Waals surface area contributed by atoms with E-state index < -0.39 is 47.1 Å². The predicted molar refractivity (Wildman–Crippen MR) is 262 cm³/mol. The number of nitrogens with zero attached hydrogens (tertiary/aromatic N) is 5. The Labute approximate surface area is 402 Å². The molecule has 2 aliphatic rings. The number of aryl methyl sites for hydroxylation is 1. The van der Waals surface area contributed by atoms with Crippen LogP contribution in [0.4, 0.5) is 5.69 Å². The molecule has 1 saturated heterocycles. The van der Waals surface area contributed by atoms with E-state index in [-0.39, 0.29) is 49.2 Å². The van der Waals surface area contributed by atoms with Crippen molar-refractivity contribution in [3.05, 3.63) is 107 Å². The quantitative estimate of drug-likeness (QED) is 0.0774. The molecule has 6 N–H and O–H groups in total. The minimum atomic E-state index is -1.24. The number of phenols is 1. The van der Waals surface area contributed by atoms with Gasteiger partial charge in [-0.25, -0.2) is 10.4 Å². The molecular formula is C52H63N9O8. The summed E-state index contributed by atoms with van der Waals surface area (Å²) in [5, 5.41) is 19.3. The van der Waals surface area contributed by atoms with Gasteiger partial charge in [0.15, 0.2) is 0 Å². The van der Waals surface area contributed by atoms with Crippen LogP contribution >= 0.6 is 0 Å². The lowest BCUT2D eigenvalue weighted by Crippen LogP contribution is -2.60. The van der Waals surface area contributed by atoms with Crippen molar-refractivity contribution < 1.29 is 38.6 Å². The fourth-order valence-electron chi connectivity index (χ4n) is 9.11. The van der Waals surface area contributed by atoms with E-state index in [4.69, 9.17) is 15.2 Å². The van der Waals surface area contributed by atoms with Crippen molar-refractivity contribution in [3.8, 4) is 28.1 Å². The number of esters is 1. The molecule has 7 rings (SSSR count). The molecule has 2 aliphatic heterocycles. The summed E-state index contributed by atoms with van der Waals surface area (Å²) in [5.74, 6) is -3.11. The van der Waals surface area contributed by atoms with Gasteiger partial charge >= 0.3 is 5.97 Å². The zero-order valence-electron chi connectivity index (χ0n) is 40.6. The van der Waals surface area contributed by atoms with E-state index in [1.54, 1.807) is 46.2 Å². The monoisotopic (exact) mass is 941 g/mol. The summed E-state index contributed by atoms with van der Waals surface area (Å²) in [5.41, 5.74) is 16.0. The maximum atomic E-state index is 14.7. The lowest BCUT2D eigenvalue weighted by Gasteiger charge is -2.36. The van der Waals surface area contributed by atoms with Crippen molar-refractivity contribution in [3.63, 3.8) is 0 Å². The van der Waals surface area contributed by atoms with Crippen molar-refractivity contribution >= 4 is 46.2 Å². The number of fused-ring (bicyclic) bond motifs is 6. The van der Waals surface area contributed by atoms with Crippen LogP contribution in [-0.2, 0) is 54.6 Å². The molecule has 3 aromatic heterocycles. The van der Waals surface area contributed by atoms with Gasteiger partial charge in [-0.15, -0.1) is 0 Å². The van der Waals surface area contributed by atoms with Crippen molar-refractivity contribution in [1.82, 2.24) is 35.2 Å². The molecule has 4 amide bonds. The Hall–Kier alpha value is -6.95. The number of carbonyl (C=O) groups is 5. The number of hydrazine groups is 1. The molecule has 69 heavy (non-hydrogen) atoms. The molecule has 0 aliphatic carbocycles. The number of carbonyl (C=O) groups excluding carboxylic acids is 5. The number of nitrogens with two attached hydrogens (primary N) is 1. The number of nitrogens with one attached hydrogen (secondary N) is 3. The number of hydrogen-bond acceptors (Lipinski definition) is 12. The minimum Gasteiger partial charge on any atom is -0.508 e. The molecule has 1 fully saturated rings. The topological polar surface area (TPSA) is 223 Å². The van der Waals surface area contributed by atoms with E-state index >= 15 is 0 Å². The summed E-state index contributed by atoms with van der Waals surface area (Å²) in [4.78, 5) is 79.4. The molecule has 17 nitrogen and oxygen atoms in total. The second-order valence-electron chi connectivity index (χ2n) is 18.9. The van der Waals surface area contributed by atoms with Gasteiger partial charge in [-0.05, 0) is 116 Å². The molecule has 0 radical (unpaired) electrons. The average molecular weight is 942 g/mol.